The zero-order valence-corrected chi connectivity index (χ0v) is 15.9. The number of benzene rings is 1. The number of methoxy groups -OCH3 is 1. The normalized spacial score (nSPS) is 10.5. The van der Waals surface area contributed by atoms with Crippen molar-refractivity contribution in [1.29, 1.82) is 0 Å². The van der Waals surface area contributed by atoms with Crippen molar-refractivity contribution in [2.75, 3.05) is 38.7 Å². The standard InChI is InChI=1S/C19H25N3O5/c1-4-26-11-5-10-22(13-18(23)20-17-12-14(2)27-21-17)19(24)15-6-8-16(25-3)9-7-15/h6-9,12H,4-5,10-11,13H2,1-3H3,(H,20,21,23). The molecule has 0 spiro atoms. The molecule has 1 aromatic heterocycles. The maximum absolute atomic E-state index is 12.8. The van der Waals surface area contributed by atoms with Gasteiger partial charge in [0.15, 0.2) is 5.82 Å². The molecule has 146 valence electrons. The number of rotatable bonds is 10. The Morgan fingerprint density at radius 2 is 2.00 bits per heavy atom. The number of carbonyl (C=O) groups excluding carboxylic acids is 2. The van der Waals surface area contributed by atoms with Gasteiger partial charge < -0.3 is 24.2 Å². The first-order valence-corrected chi connectivity index (χ1v) is 8.77. The number of carbonyl (C=O) groups is 2. The molecule has 27 heavy (non-hydrogen) atoms. The molecule has 1 N–H and O–H groups in total. The first-order valence-electron chi connectivity index (χ1n) is 8.77. The summed E-state index contributed by atoms with van der Waals surface area (Å²) in [7, 11) is 1.56. The maximum Gasteiger partial charge on any atom is 0.254 e. The summed E-state index contributed by atoms with van der Waals surface area (Å²) in [5.41, 5.74) is 0.484. The van der Waals surface area contributed by atoms with E-state index in [0.717, 1.165) is 0 Å². The van der Waals surface area contributed by atoms with Crippen LogP contribution in [0.3, 0.4) is 0 Å². The summed E-state index contributed by atoms with van der Waals surface area (Å²) in [5.74, 6) is 0.993. The van der Waals surface area contributed by atoms with Gasteiger partial charge in [-0.05, 0) is 44.5 Å². The lowest BCUT2D eigenvalue weighted by Gasteiger charge is -2.22. The third-order valence-corrected chi connectivity index (χ3v) is 3.77. The van der Waals surface area contributed by atoms with Gasteiger partial charge in [-0.25, -0.2) is 0 Å². The van der Waals surface area contributed by atoms with Crippen molar-refractivity contribution >= 4 is 17.6 Å². The van der Waals surface area contributed by atoms with E-state index in [1.807, 2.05) is 6.92 Å². The van der Waals surface area contributed by atoms with Crippen LogP contribution in [0.2, 0.25) is 0 Å². The van der Waals surface area contributed by atoms with Crippen molar-refractivity contribution in [1.82, 2.24) is 10.1 Å². The number of nitrogens with zero attached hydrogens (tertiary/aromatic N) is 2. The average Bonchev–Trinajstić information content (AvgIpc) is 3.08. The lowest BCUT2D eigenvalue weighted by Crippen LogP contribution is -2.39. The Balaban J connectivity index is 2.03. The molecule has 2 aromatic rings. The zero-order chi connectivity index (χ0) is 19.6. The number of nitrogens with one attached hydrogen (secondary N) is 1. The van der Waals surface area contributed by atoms with Crippen LogP contribution >= 0.6 is 0 Å². The molecule has 1 aromatic carbocycles. The number of hydrogen-bond acceptors (Lipinski definition) is 6. The molecule has 0 atom stereocenters. The van der Waals surface area contributed by atoms with Gasteiger partial charge in [-0.15, -0.1) is 0 Å². The van der Waals surface area contributed by atoms with E-state index in [0.29, 0.717) is 49.1 Å². The Kier molecular flexibility index (Phi) is 7.81. The quantitative estimate of drug-likeness (QED) is 0.641. The molecular weight excluding hydrogens is 350 g/mol. The van der Waals surface area contributed by atoms with Crippen LogP contribution in [-0.2, 0) is 9.53 Å². The average molecular weight is 375 g/mol. The second kappa shape index (κ2) is 10.3. The first kappa shape index (κ1) is 20.4. The van der Waals surface area contributed by atoms with Crippen LogP contribution in [0.25, 0.3) is 0 Å². The van der Waals surface area contributed by atoms with E-state index in [1.165, 1.54) is 4.90 Å². The lowest BCUT2D eigenvalue weighted by atomic mass is 10.2. The fraction of sp³-hybridized carbons (Fsp3) is 0.421. The third-order valence-electron chi connectivity index (χ3n) is 3.77. The Bertz CT molecular complexity index is 742. The minimum atomic E-state index is -0.346. The largest absolute Gasteiger partial charge is 0.497 e. The number of aryl methyl sites for hydroxylation is 1. The van der Waals surface area contributed by atoms with Crippen molar-refractivity contribution in [3.8, 4) is 5.75 Å². The van der Waals surface area contributed by atoms with Crippen LogP contribution in [0.5, 0.6) is 5.75 Å². The van der Waals surface area contributed by atoms with Crippen LogP contribution in [0.4, 0.5) is 5.82 Å². The van der Waals surface area contributed by atoms with Gasteiger partial charge in [-0.1, -0.05) is 5.16 Å². The summed E-state index contributed by atoms with van der Waals surface area (Å²) in [6, 6.07) is 8.39. The summed E-state index contributed by atoms with van der Waals surface area (Å²) in [5, 5.41) is 6.36. The van der Waals surface area contributed by atoms with Crippen molar-refractivity contribution in [3.63, 3.8) is 0 Å². The van der Waals surface area contributed by atoms with E-state index in [9.17, 15) is 9.59 Å². The third kappa shape index (κ3) is 6.41. The van der Waals surface area contributed by atoms with Crippen LogP contribution in [-0.4, -0.2) is 55.3 Å². The molecule has 0 aliphatic carbocycles. The van der Waals surface area contributed by atoms with Crippen LogP contribution < -0.4 is 10.1 Å². The smallest absolute Gasteiger partial charge is 0.254 e. The summed E-state index contributed by atoms with van der Waals surface area (Å²) >= 11 is 0. The van der Waals surface area contributed by atoms with E-state index < -0.39 is 0 Å². The molecule has 0 saturated heterocycles. The molecule has 0 fully saturated rings. The lowest BCUT2D eigenvalue weighted by molar-refractivity contribution is -0.117. The van der Waals surface area contributed by atoms with Gasteiger partial charge in [0.05, 0.1) is 7.11 Å². The molecule has 0 aliphatic heterocycles. The Hall–Kier alpha value is -2.87. The SMILES string of the molecule is CCOCCCN(CC(=O)Nc1cc(C)on1)C(=O)c1ccc(OC)cc1. The highest BCUT2D eigenvalue weighted by Gasteiger charge is 2.19. The van der Waals surface area contributed by atoms with Gasteiger partial charge in [0.2, 0.25) is 5.91 Å². The second-order valence-electron chi connectivity index (χ2n) is 5.88. The van der Waals surface area contributed by atoms with Gasteiger partial charge in [-0.2, -0.15) is 0 Å². The molecule has 2 rings (SSSR count). The van der Waals surface area contributed by atoms with E-state index >= 15 is 0 Å². The van der Waals surface area contributed by atoms with Crippen molar-refractivity contribution < 1.29 is 23.6 Å². The fourth-order valence-electron chi connectivity index (χ4n) is 2.45. The predicted octanol–water partition coefficient (Wildman–Crippen LogP) is 2.50. The topological polar surface area (TPSA) is 93.9 Å². The van der Waals surface area contributed by atoms with Gasteiger partial charge in [0, 0.05) is 31.4 Å². The van der Waals surface area contributed by atoms with Crippen molar-refractivity contribution in [3.05, 3.63) is 41.7 Å². The highest BCUT2D eigenvalue weighted by atomic mass is 16.5. The zero-order valence-electron chi connectivity index (χ0n) is 15.9. The van der Waals surface area contributed by atoms with Crippen molar-refractivity contribution in [2.24, 2.45) is 0 Å². The first-order chi connectivity index (χ1) is 13.0. The predicted molar refractivity (Wildman–Crippen MR) is 99.9 cm³/mol. The van der Waals surface area contributed by atoms with E-state index in [2.05, 4.69) is 10.5 Å². The summed E-state index contributed by atoms with van der Waals surface area (Å²) in [6.07, 6.45) is 0.631. The van der Waals surface area contributed by atoms with Gasteiger partial charge in [0.25, 0.3) is 5.91 Å². The minimum Gasteiger partial charge on any atom is -0.497 e. The molecule has 0 saturated carbocycles. The number of amides is 2. The number of hydrogen-bond donors (Lipinski definition) is 1. The molecule has 0 unspecified atom stereocenters. The molecule has 2 amide bonds. The summed E-state index contributed by atoms with van der Waals surface area (Å²) in [6.45, 7) is 5.08. The monoisotopic (exact) mass is 375 g/mol. The maximum atomic E-state index is 12.8. The highest BCUT2D eigenvalue weighted by molar-refractivity contribution is 5.99. The number of ether oxygens (including phenoxy) is 2. The number of anilines is 1. The van der Waals surface area contributed by atoms with E-state index in [4.69, 9.17) is 14.0 Å². The van der Waals surface area contributed by atoms with Crippen LogP contribution in [0.1, 0.15) is 29.5 Å². The summed E-state index contributed by atoms with van der Waals surface area (Å²) < 4.78 is 15.4. The fourth-order valence-corrected chi connectivity index (χ4v) is 2.45. The minimum absolute atomic E-state index is 0.0944. The Labute approximate surface area is 158 Å². The summed E-state index contributed by atoms with van der Waals surface area (Å²) in [4.78, 5) is 26.6. The molecule has 8 nitrogen and oxygen atoms in total. The molecule has 0 radical (unpaired) electrons. The Morgan fingerprint density at radius 1 is 1.26 bits per heavy atom. The molecule has 0 bridgehead atoms. The van der Waals surface area contributed by atoms with Gasteiger partial charge in [-0.3, -0.25) is 9.59 Å². The van der Waals surface area contributed by atoms with Gasteiger partial charge >= 0.3 is 0 Å². The van der Waals surface area contributed by atoms with E-state index in [-0.39, 0.29) is 18.4 Å². The van der Waals surface area contributed by atoms with Gasteiger partial charge in [0.1, 0.15) is 18.1 Å². The van der Waals surface area contributed by atoms with Crippen molar-refractivity contribution in [2.45, 2.75) is 20.3 Å². The molecular formula is C19H25N3O5. The highest BCUT2D eigenvalue weighted by Crippen LogP contribution is 2.14. The molecule has 8 heteroatoms. The Morgan fingerprint density at radius 3 is 2.59 bits per heavy atom. The van der Waals surface area contributed by atoms with E-state index in [1.54, 1.807) is 44.4 Å². The second-order valence-corrected chi connectivity index (χ2v) is 5.88. The van der Waals surface area contributed by atoms with Crippen LogP contribution in [0.15, 0.2) is 34.9 Å². The number of aromatic nitrogens is 1. The van der Waals surface area contributed by atoms with Crippen LogP contribution in [0, 0.1) is 6.92 Å². The molecule has 1 heterocycles. The molecule has 0 aliphatic rings.